The highest BCUT2D eigenvalue weighted by molar-refractivity contribution is 7.99. The van der Waals surface area contributed by atoms with E-state index in [2.05, 4.69) is 10.5 Å². The minimum absolute atomic E-state index is 0.143. The summed E-state index contributed by atoms with van der Waals surface area (Å²) in [4.78, 5) is 13.1. The quantitative estimate of drug-likeness (QED) is 0.214. The lowest BCUT2D eigenvalue weighted by molar-refractivity contribution is -0.120. The summed E-state index contributed by atoms with van der Waals surface area (Å²) in [5.41, 5.74) is 4.45. The van der Waals surface area contributed by atoms with Crippen LogP contribution in [0.3, 0.4) is 0 Å². The van der Waals surface area contributed by atoms with E-state index in [1.54, 1.807) is 18.0 Å². The van der Waals surface area contributed by atoms with Crippen molar-refractivity contribution in [3.8, 4) is 11.5 Å². The monoisotopic (exact) mass is 468 g/mol. The molecule has 0 aromatic heterocycles. The molecule has 3 aromatic carbocycles. The Morgan fingerprint density at radius 3 is 2.56 bits per heavy atom. The van der Waals surface area contributed by atoms with Crippen LogP contribution < -0.4 is 14.9 Å². The highest BCUT2D eigenvalue weighted by atomic mass is 35.5. The maximum atomic E-state index is 12.0. The Bertz CT molecular complexity index is 1030. The highest BCUT2D eigenvalue weighted by Gasteiger charge is 2.07. The Kier molecular flexibility index (Phi) is 9.47. The number of benzene rings is 3. The van der Waals surface area contributed by atoms with Crippen LogP contribution in [0.5, 0.6) is 11.5 Å². The third-order valence-electron chi connectivity index (χ3n) is 4.32. The van der Waals surface area contributed by atoms with E-state index >= 15 is 0 Å². The molecule has 0 radical (unpaired) electrons. The van der Waals surface area contributed by atoms with Crippen LogP contribution in [-0.4, -0.2) is 24.5 Å². The number of rotatable bonds is 11. The molecule has 5 nitrogen and oxygen atoms in total. The molecule has 0 spiro atoms. The average Bonchev–Trinajstić information content (AvgIpc) is 2.81. The molecule has 1 N–H and O–H groups in total. The van der Waals surface area contributed by atoms with Crippen molar-refractivity contribution in [2.45, 2.75) is 24.8 Å². The molecule has 0 saturated carbocycles. The van der Waals surface area contributed by atoms with E-state index in [4.69, 9.17) is 21.1 Å². The minimum Gasteiger partial charge on any atom is -0.490 e. The number of nitrogens with zero attached hydrogens (tertiary/aromatic N) is 1. The molecule has 0 aliphatic rings. The number of ether oxygens (including phenoxy) is 2. The van der Waals surface area contributed by atoms with Gasteiger partial charge in [-0.15, -0.1) is 11.8 Å². The van der Waals surface area contributed by atoms with Crippen LogP contribution in [0.2, 0.25) is 5.02 Å². The molecule has 0 heterocycles. The van der Waals surface area contributed by atoms with Crippen molar-refractivity contribution < 1.29 is 14.3 Å². The Hall–Kier alpha value is -2.96. The molecule has 1 amide bonds. The Morgan fingerprint density at radius 2 is 1.81 bits per heavy atom. The molecular weight excluding hydrogens is 444 g/mol. The normalized spacial score (nSPS) is 10.8. The smallest absolute Gasteiger partial charge is 0.240 e. The van der Waals surface area contributed by atoms with Gasteiger partial charge in [0.15, 0.2) is 11.5 Å². The van der Waals surface area contributed by atoms with Crippen molar-refractivity contribution in [3.05, 3.63) is 88.9 Å². The second-order valence-electron chi connectivity index (χ2n) is 6.76. The van der Waals surface area contributed by atoms with Crippen LogP contribution in [0, 0.1) is 0 Å². The number of hydrogen-bond donors (Lipinski definition) is 1. The predicted molar refractivity (Wildman–Crippen MR) is 131 cm³/mol. The maximum Gasteiger partial charge on any atom is 0.240 e. The molecule has 0 saturated heterocycles. The van der Waals surface area contributed by atoms with Crippen molar-refractivity contribution in [1.82, 2.24) is 5.43 Å². The first-order valence-corrected chi connectivity index (χ1v) is 11.6. The van der Waals surface area contributed by atoms with Crippen molar-refractivity contribution >= 4 is 35.5 Å². The molecule has 3 aromatic rings. The molecule has 0 bridgehead atoms. The largest absolute Gasteiger partial charge is 0.490 e. The summed E-state index contributed by atoms with van der Waals surface area (Å²) in [6.07, 6.45) is 1.95. The summed E-state index contributed by atoms with van der Waals surface area (Å²) >= 11 is 7.47. The van der Waals surface area contributed by atoms with Gasteiger partial charge in [0.25, 0.3) is 0 Å². The van der Waals surface area contributed by atoms with E-state index in [0.29, 0.717) is 41.9 Å². The van der Waals surface area contributed by atoms with Crippen molar-refractivity contribution in [2.75, 3.05) is 12.4 Å². The number of thioether (sulfide) groups is 1. The second-order valence-corrected chi connectivity index (χ2v) is 8.36. The first kappa shape index (κ1) is 23.7. The van der Waals surface area contributed by atoms with E-state index in [1.807, 2.05) is 79.7 Å². The lowest BCUT2D eigenvalue weighted by Crippen LogP contribution is -2.17. The molecule has 7 heteroatoms. The number of nitrogens with one attached hydrogen (secondary N) is 1. The average molecular weight is 469 g/mol. The lowest BCUT2D eigenvalue weighted by atomic mass is 10.2. The number of halogens is 1. The Balaban J connectivity index is 1.49. The van der Waals surface area contributed by atoms with Crippen molar-refractivity contribution in [3.63, 3.8) is 0 Å². The van der Waals surface area contributed by atoms with E-state index in [9.17, 15) is 4.79 Å². The Labute approximate surface area is 197 Å². The van der Waals surface area contributed by atoms with Crippen LogP contribution in [0.25, 0.3) is 0 Å². The molecule has 3 rings (SSSR count). The Morgan fingerprint density at radius 1 is 1.03 bits per heavy atom. The van der Waals surface area contributed by atoms with Gasteiger partial charge < -0.3 is 9.47 Å². The fourth-order valence-corrected chi connectivity index (χ4v) is 3.73. The van der Waals surface area contributed by atoms with Gasteiger partial charge in [0, 0.05) is 22.1 Å². The predicted octanol–water partition coefficient (Wildman–Crippen LogP) is 5.95. The van der Waals surface area contributed by atoms with Gasteiger partial charge in [-0.1, -0.05) is 41.9 Å². The van der Waals surface area contributed by atoms with Crippen LogP contribution in [0.4, 0.5) is 0 Å². The topological polar surface area (TPSA) is 59.9 Å². The van der Waals surface area contributed by atoms with E-state index in [0.717, 1.165) is 16.0 Å². The molecule has 0 unspecified atom stereocenters. The molecule has 0 aliphatic carbocycles. The fraction of sp³-hybridized carbons (Fsp3) is 0.200. The summed E-state index contributed by atoms with van der Waals surface area (Å²) in [7, 11) is 0. The van der Waals surface area contributed by atoms with Gasteiger partial charge in [-0.25, -0.2) is 5.43 Å². The lowest BCUT2D eigenvalue weighted by Gasteiger charge is -2.12. The van der Waals surface area contributed by atoms with Crippen molar-refractivity contribution in [2.24, 2.45) is 5.10 Å². The summed E-state index contributed by atoms with van der Waals surface area (Å²) in [5.74, 6) is 1.81. The molecule has 0 fully saturated rings. The van der Waals surface area contributed by atoms with Crippen LogP contribution in [-0.2, 0) is 11.4 Å². The first-order chi connectivity index (χ1) is 15.6. The van der Waals surface area contributed by atoms with Crippen LogP contribution in [0.15, 0.2) is 82.8 Å². The van der Waals surface area contributed by atoms with Gasteiger partial charge in [0.05, 0.1) is 12.8 Å². The van der Waals surface area contributed by atoms with Gasteiger partial charge >= 0.3 is 0 Å². The summed E-state index contributed by atoms with van der Waals surface area (Å²) in [6, 6.07) is 23.1. The molecule has 0 aliphatic heterocycles. The van der Waals surface area contributed by atoms with E-state index < -0.39 is 0 Å². The minimum atomic E-state index is -0.143. The summed E-state index contributed by atoms with van der Waals surface area (Å²) < 4.78 is 11.6. The standard InChI is InChI=1S/C25H25ClN2O3S/c1-2-30-24-16-20(8-13-23(24)31-18-19-6-4-3-5-7-19)17-27-28-25(29)14-15-32-22-11-9-21(26)10-12-22/h3-13,16-17H,2,14-15,18H2,1H3,(H,28,29)/b27-17-. The highest BCUT2D eigenvalue weighted by Crippen LogP contribution is 2.29. The number of carbonyl (C=O) groups is 1. The molecular formula is C25H25ClN2O3S. The van der Waals surface area contributed by atoms with Gasteiger partial charge in [-0.05, 0) is 60.5 Å². The number of carbonyl (C=O) groups excluding carboxylic acids is 1. The van der Waals surface area contributed by atoms with Gasteiger partial charge in [0.2, 0.25) is 5.91 Å². The van der Waals surface area contributed by atoms with Gasteiger partial charge in [-0.2, -0.15) is 5.10 Å². The SMILES string of the molecule is CCOc1cc(/C=N\NC(=O)CCSc2ccc(Cl)cc2)ccc1OCc1ccccc1. The third-order valence-corrected chi connectivity index (χ3v) is 5.58. The first-order valence-electron chi connectivity index (χ1n) is 10.3. The number of amides is 1. The zero-order valence-corrected chi connectivity index (χ0v) is 19.4. The van der Waals surface area contributed by atoms with Crippen molar-refractivity contribution in [1.29, 1.82) is 0 Å². The zero-order valence-electron chi connectivity index (χ0n) is 17.8. The summed E-state index contributed by atoms with van der Waals surface area (Å²) in [5, 5.41) is 4.75. The van der Waals surface area contributed by atoms with Gasteiger partial charge in [0.1, 0.15) is 6.61 Å². The zero-order chi connectivity index (χ0) is 22.6. The number of hydrogen-bond acceptors (Lipinski definition) is 5. The molecule has 166 valence electrons. The second kappa shape index (κ2) is 12.8. The van der Waals surface area contributed by atoms with Gasteiger partial charge in [-0.3, -0.25) is 4.79 Å². The molecule has 32 heavy (non-hydrogen) atoms. The third kappa shape index (κ3) is 7.94. The maximum absolute atomic E-state index is 12.0. The van der Waals surface area contributed by atoms with Crippen LogP contribution >= 0.6 is 23.4 Å². The van der Waals surface area contributed by atoms with Crippen LogP contribution in [0.1, 0.15) is 24.5 Å². The summed E-state index contributed by atoms with van der Waals surface area (Å²) in [6.45, 7) is 2.90. The molecule has 0 atom stereocenters. The van der Waals surface area contributed by atoms with E-state index in [-0.39, 0.29) is 5.91 Å². The fourth-order valence-electron chi connectivity index (χ4n) is 2.75. The van der Waals surface area contributed by atoms with E-state index in [1.165, 1.54) is 0 Å². The number of hydrazone groups is 1.